The van der Waals surface area contributed by atoms with Gasteiger partial charge in [0.15, 0.2) is 5.13 Å². The molecule has 0 saturated carbocycles. The number of fused-ring (bicyclic) bond motifs is 1. The number of hydrogen-bond acceptors (Lipinski definition) is 5. The Balaban J connectivity index is 1.90. The molecular weight excluding hydrogens is 371 g/mol. The Morgan fingerprint density at radius 1 is 1.27 bits per heavy atom. The van der Waals surface area contributed by atoms with E-state index >= 15 is 0 Å². The lowest BCUT2D eigenvalue weighted by Gasteiger charge is -2.06. The summed E-state index contributed by atoms with van der Waals surface area (Å²) in [4.78, 5) is 16.4. The van der Waals surface area contributed by atoms with Crippen molar-refractivity contribution in [2.24, 2.45) is 5.84 Å². The Hall–Kier alpha value is -2.03. The monoisotopic (exact) mass is 380 g/mol. The fourth-order valence-electron chi connectivity index (χ4n) is 1.93. The minimum atomic E-state index is -0.382. The number of thiazole rings is 1. The summed E-state index contributed by atoms with van der Waals surface area (Å²) in [7, 11) is 0. The first-order valence-corrected chi connectivity index (χ1v) is 7.81. The summed E-state index contributed by atoms with van der Waals surface area (Å²) in [5.74, 6) is 4.66. The number of amides is 1. The van der Waals surface area contributed by atoms with Gasteiger partial charge in [-0.1, -0.05) is 11.3 Å². The minimum absolute atomic E-state index is 0.312. The molecule has 0 atom stereocenters. The second-order valence-electron chi connectivity index (χ2n) is 4.43. The zero-order valence-corrected chi connectivity index (χ0v) is 13.5. The molecule has 3 rings (SSSR count). The van der Waals surface area contributed by atoms with E-state index in [9.17, 15) is 9.18 Å². The Bertz CT molecular complexity index is 850. The maximum absolute atomic E-state index is 12.9. The van der Waals surface area contributed by atoms with Crippen molar-refractivity contribution in [3.8, 4) is 0 Å². The highest BCUT2D eigenvalue weighted by molar-refractivity contribution is 9.10. The Morgan fingerprint density at radius 3 is 2.68 bits per heavy atom. The largest absolute Gasteiger partial charge is 0.322 e. The van der Waals surface area contributed by atoms with Crippen molar-refractivity contribution in [3.63, 3.8) is 0 Å². The van der Waals surface area contributed by atoms with E-state index in [0.717, 1.165) is 14.7 Å². The molecule has 0 bridgehead atoms. The van der Waals surface area contributed by atoms with Crippen molar-refractivity contribution >= 4 is 54.2 Å². The molecule has 3 aromatic rings. The highest BCUT2D eigenvalue weighted by Gasteiger charge is 2.11. The van der Waals surface area contributed by atoms with E-state index in [2.05, 4.69) is 31.7 Å². The normalized spacial score (nSPS) is 10.7. The van der Waals surface area contributed by atoms with Crippen LogP contribution >= 0.6 is 27.3 Å². The molecule has 1 amide bonds. The highest BCUT2D eigenvalue weighted by atomic mass is 79.9. The molecule has 0 aliphatic carbocycles. The van der Waals surface area contributed by atoms with Crippen LogP contribution in [0.5, 0.6) is 0 Å². The second-order valence-corrected chi connectivity index (χ2v) is 6.31. The van der Waals surface area contributed by atoms with Gasteiger partial charge in [0.2, 0.25) is 0 Å². The van der Waals surface area contributed by atoms with Crippen LogP contribution in [0.2, 0.25) is 0 Å². The molecule has 1 heterocycles. The average molecular weight is 381 g/mol. The van der Waals surface area contributed by atoms with E-state index in [1.54, 1.807) is 12.1 Å². The summed E-state index contributed by atoms with van der Waals surface area (Å²) in [6.45, 7) is 0. The highest BCUT2D eigenvalue weighted by Crippen LogP contribution is 2.33. The number of hydrazine groups is 1. The van der Waals surface area contributed by atoms with Gasteiger partial charge < -0.3 is 5.32 Å². The summed E-state index contributed by atoms with van der Waals surface area (Å²) < 4.78 is 14.5. The van der Waals surface area contributed by atoms with Crippen LogP contribution in [-0.4, -0.2) is 10.9 Å². The molecule has 8 heteroatoms. The number of benzene rings is 2. The number of nitrogens with two attached hydrogens (primary N) is 1. The van der Waals surface area contributed by atoms with Crippen LogP contribution in [-0.2, 0) is 0 Å². The zero-order chi connectivity index (χ0) is 15.7. The molecule has 0 unspecified atom stereocenters. The van der Waals surface area contributed by atoms with E-state index in [1.807, 2.05) is 0 Å². The van der Waals surface area contributed by atoms with E-state index in [4.69, 9.17) is 5.84 Å². The topological polar surface area (TPSA) is 80.0 Å². The molecule has 0 radical (unpaired) electrons. The van der Waals surface area contributed by atoms with Crippen LogP contribution in [0.15, 0.2) is 40.9 Å². The first-order chi connectivity index (χ1) is 10.6. The Labute approximate surface area is 137 Å². The van der Waals surface area contributed by atoms with Crippen LogP contribution in [0.3, 0.4) is 0 Å². The number of nitrogen functional groups attached to an aromatic ring is 1. The molecular formula is C14H10BrFN4OS. The lowest BCUT2D eigenvalue weighted by Crippen LogP contribution is -2.11. The quantitative estimate of drug-likeness (QED) is 0.477. The van der Waals surface area contributed by atoms with Crippen molar-refractivity contribution in [2.45, 2.75) is 0 Å². The summed E-state index contributed by atoms with van der Waals surface area (Å²) in [5.41, 5.74) is 4.25. The van der Waals surface area contributed by atoms with Gasteiger partial charge in [0.1, 0.15) is 5.82 Å². The van der Waals surface area contributed by atoms with Gasteiger partial charge in [-0.05, 0) is 52.3 Å². The average Bonchev–Trinajstić information content (AvgIpc) is 2.91. The van der Waals surface area contributed by atoms with E-state index in [1.165, 1.54) is 35.6 Å². The van der Waals surface area contributed by atoms with Crippen LogP contribution in [0.1, 0.15) is 10.4 Å². The van der Waals surface area contributed by atoms with Crippen LogP contribution in [0.4, 0.5) is 15.2 Å². The van der Waals surface area contributed by atoms with Crippen LogP contribution < -0.4 is 16.6 Å². The van der Waals surface area contributed by atoms with Crippen molar-refractivity contribution < 1.29 is 9.18 Å². The van der Waals surface area contributed by atoms with Gasteiger partial charge >= 0.3 is 0 Å². The summed E-state index contributed by atoms with van der Waals surface area (Å²) in [6, 6.07) is 8.92. The maximum atomic E-state index is 12.9. The first-order valence-electron chi connectivity index (χ1n) is 6.20. The summed E-state index contributed by atoms with van der Waals surface area (Å²) in [5, 5.41) is 3.35. The molecule has 2 aromatic carbocycles. The standard InChI is InChI=1S/C14H10BrFN4OS/c15-10-5-9(6-11-12(10)19-14(20-17)22-11)18-13(21)7-1-3-8(16)4-2-7/h1-6H,17H2,(H,18,21)(H,19,20). The molecule has 4 N–H and O–H groups in total. The number of carbonyl (C=O) groups excluding carboxylic acids is 1. The Morgan fingerprint density at radius 2 is 2.00 bits per heavy atom. The number of anilines is 2. The van der Waals surface area contributed by atoms with Crippen molar-refractivity contribution in [1.82, 2.24) is 4.98 Å². The molecule has 0 aliphatic rings. The first kappa shape index (κ1) is 14.9. The second kappa shape index (κ2) is 5.99. The molecule has 5 nitrogen and oxygen atoms in total. The third-order valence-corrected chi connectivity index (χ3v) is 4.47. The SMILES string of the molecule is NNc1nc2c(Br)cc(NC(=O)c3ccc(F)cc3)cc2s1. The third kappa shape index (κ3) is 2.94. The Kier molecular flexibility index (Phi) is 4.06. The number of aromatic nitrogens is 1. The summed E-state index contributed by atoms with van der Waals surface area (Å²) in [6.07, 6.45) is 0. The van der Waals surface area contributed by atoms with Crippen LogP contribution in [0.25, 0.3) is 10.2 Å². The predicted octanol–water partition coefficient (Wildman–Crippen LogP) is 3.74. The van der Waals surface area contributed by atoms with Gasteiger partial charge in [0.25, 0.3) is 5.91 Å². The van der Waals surface area contributed by atoms with Gasteiger partial charge in [-0.2, -0.15) is 0 Å². The number of rotatable bonds is 3. The van der Waals surface area contributed by atoms with Crippen molar-refractivity contribution in [3.05, 3.63) is 52.3 Å². The van der Waals surface area contributed by atoms with Crippen LogP contribution in [0, 0.1) is 5.82 Å². The smallest absolute Gasteiger partial charge is 0.255 e. The molecule has 112 valence electrons. The number of hydrogen-bond donors (Lipinski definition) is 3. The molecule has 0 fully saturated rings. The lowest BCUT2D eigenvalue weighted by molar-refractivity contribution is 0.102. The third-order valence-electron chi connectivity index (χ3n) is 2.94. The number of nitrogens with one attached hydrogen (secondary N) is 2. The van der Waals surface area contributed by atoms with E-state index < -0.39 is 0 Å². The number of carbonyl (C=O) groups is 1. The van der Waals surface area contributed by atoms with E-state index in [0.29, 0.717) is 16.4 Å². The molecule has 1 aromatic heterocycles. The van der Waals surface area contributed by atoms with Gasteiger partial charge in [0.05, 0.1) is 10.2 Å². The maximum Gasteiger partial charge on any atom is 0.255 e. The number of nitrogens with zero attached hydrogens (tertiary/aromatic N) is 1. The molecule has 22 heavy (non-hydrogen) atoms. The predicted molar refractivity (Wildman–Crippen MR) is 89.5 cm³/mol. The lowest BCUT2D eigenvalue weighted by atomic mass is 10.2. The molecule has 0 aliphatic heterocycles. The minimum Gasteiger partial charge on any atom is -0.322 e. The van der Waals surface area contributed by atoms with Crippen molar-refractivity contribution in [1.29, 1.82) is 0 Å². The van der Waals surface area contributed by atoms with Gasteiger partial charge in [-0.3, -0.25) is 10.2 Å². The van der Waals surface area contributed by atoms with Crippen molar-refractivity contribution in [2.75, 3.05) is 10.7 Å². The zero-order valence-electron chi connectivity index (χ0n) is 11.1. The van der Waals surface area contributed by atoms with Gasteiger partial charge in [0, 0.05) is 15.7 Å². The molecule has 0 saturated heterocycles. The van der Waals surface area contributed by atoms with Gasteiger partial charge in [-0.25, -0.2) is 15.2 Å². The van der Waals surface area contributed by atoms with Gasteiger partial charge in [-0.15, -0.1) is 0 Å². The number of halogens is 2. The fraction of sp³-hybridized carbons (Fsp3) is 0. The molecule has 0 spiro atoms. The fourth-order valence-corrected chi connectivity index (χ4v) is 3.45. The summed E-state index contributed by atoms with van der Waals surface area (Å²) >= 11 is 4.79. The van der Waals surface area contributed by atoms with E-state index in [-0.39, 0.29) is 11.7 Å².